The first-order valence-electron chi connectivity index (χ1n) is 5.76. The lowest BCUT2D eigenvalue weighted by Crippen LogP contribution is -2.39. The van der Waals surface area contributed by atoms with Gasteiger partial charge in [0.2, 0.25) is 0 Å². The average molecular weight is 272 g/mol. The Morgan fingerprint density at radius 2 is 2.17 bits per heavy atom. The number of aliphatic hydroxyl groups excluding tert-OH is 1. The third-order valence-corrected chi connectivity index (χ3v) is 2.85. The molecule has 0 heterocycles. The van der Waals surface area contributed by atoms with E-state index in [-0.39, 0.29) is 18.6 Å². The van der Waals surface area contributed by atoms with Crippen LogP contribution in [0.2, 0.25) is 5.02 Å². The van der Waals surface area contributed by atoms with Gasteiger partial charge in [0.15, 0.2) is 0 Å². The molecule has 0 bridgehead atoms. The number of benzene rings is 1. The maximum Gasteiger partial charge on any atom is 0.257 e. The van der Waals surface area contributed by atoms with Crippen LogP contribution in [-0.4, -0.2) is 42.2 Å². The minimum atomic E-state index is -0.174. The van der Waals surface area contributed by atoms with Crippen LogP contribution in [0.3, 0.4) is 0 Å². The minimum absolute atomic E-state index is 0.00466. The Kier molecular flexibility index (Phi) is 5.44. The highest BCUT2D eigenvalue weighted by Crippen LogP contribution is 2.24. The van der Waals surface area contributed by atoms with Gasteiger partial charge in [-0.1, -0.05) is 11.6 Å². The van der Waals surface area contributed by atoms with Gasteiger partial charge in [0, 0.05) is 17.6 Å². The topological polar surface area (TPSA) is 49.8 Å². The highest BCUT2D eigenvalue weighted by Gasteiger charge is 2.21. The van der Waals surface area contributed by atoms with E-state index in [1.54, 1.807) is 23.1 Å². The van der Waals surface area contributed by atoms with Crippen molar-refractivity contribution in [2.24, 2.45) is 0 Å². The monoisotopic (exact) mass is 271 g/mol. The van der Waals surface area contributed by atoms with Gasteiger partial charge in [-0.2, -0.15) is 0 Å². The largest absolute Gasteiger partial charge is 0.496 e. The summed E-state index contributed by atoms with van der Waals surface area (Å²) >= 11 is 5.86. The molecular formula is C13H18ClNO3. The van der Waals surface area contributed by atoms with Crippen LogP contribution < -0.4 is 4.74 Å². The summed E-state index contributed by atoms with van der Waals surface area (Å²) in [5, 5.41) is 9.52. The fourth-order valence-corrected chi connectivity index (χ4v) is 1.86. The zero-order valence-electron chi connectivity index (χ0n) is 10.8. The number of methoxy groups -OCH3 is 1. The molecule has 1 amide bonds. The molecule has 1 N–H and O–H groups in total. The predicted octanol–water partition coefficient (Wildman–Crippen LogP) is 2.19. The Morgan fingerprint density at radius 3 is 2.67 bits per heavy atom. The van der Waals surface area contributed by atoms with E-state index in [9.17, 15) is 4.79 Å². The third kappa shape index (κ3) is 3.37. The van der Waals surface area contributed by atoms with Crippen molar-refractivity contribution in [2.75, 3.05) is 20.3 Å². The van der Waals surface area contributed by atoms with Gasteiger partial charge in [-0.3, -0.25) is 4.79 Å². The molecule has 0 saturated carbocycles. The normalized spacial score (nSPS) is 10.6. The number of ether oxygens (including phenoxy) is 1. The third-order valence-electron chi connectivity index (χ3n) is 2.62. The zero-order chi connectivity index (χ0) is 13.7. The molecule has 0 unspecified atom stereocenters. The van der Waals surface area contributed by atoms with Crippen LogP contribution in [0, 0.1) is 0 Å². The molecule has 100 valence electrons. The summed E-state index contributed by atoms with van der Waals surface area (Å²) < 4.78 is 5.16. The molecule has 1 aromatic carbocycles. The van der Waals surface area contributed by atoms with Crippen LogP contribution in [0.25, 0.3) is 0 Å². The van der Waals surface area contributed by atoms with Gasteiger partial charge in [0.1, 0.15) is 5.75 Å². The molecule has 0 aliphatic heterocycles. The van der Waals surface area contributed by atoms with Crippen molar-refractivity contribution in [3.63, 3.8) is 0 Å². The summed E-state index contributed by atoms with van der Waals surface area (Å²) in [6.45, 7) is 4.02. The lowest BCUT2D eigenvalue weighted by molar-refractivity contribution is 0.0662. The molecule has 0 aliphatic carbocycles. The number of hydrogen-bond acceptors (Lipinski definition) is 3. The van der Waals surface area contributed by atoms with Crippen LogP contribution in [-0.2, 0) is 0 Å². The first-order chi connectivity index (χ1) is 8.51. The van der Waals surface area contributed by atoms with Gasteiger partial charge in [-0.25, -0.2) is 0 Å². The second kappa shape index (κ2) is 6.61. The molecule has 1 rings (SSSR count). The molecule has 0 atom stereocenters. The Balaban J connectivity index is 3.08. The lowest BCUT2D eigenvalue weighted by atomic mass is 10.1. The van der Waals surface area contributed by atoms with Crippen molar-refractivity contribution in [3.8, 4) is 5.75 Å². The van der Waals surface area contributed by atoms with Crippen molar-refractivity contribution in [3.05, 3.63) is 28.8 Å². The number of halogens is 1. The molecule has 5 heteroatoms. The van der Waals surface area contributed by atoms with Crippen LogP contribution in [0.5, 0.6) is 5.75 Å². The van der Waals surface area contributed by atoms with Crippen LogP contribution in [0.4, 0.5) is 0 Å². The predicted molar refractivity (Wildman–Crippen MR) is 71.3 cm³/mol. The van der Waals surface area contributed by atoms with Gasteiger partial charge < -0.3 is 14.7 Å². The molecule has 1 aromatic rings. The van der Waals surface area contributed by atoms with E-state index in [4.69, 9.17) is 21.4 Å². The number of nitrogens with zero attached hydrogens (tertiary/aromatic N) is 1. The fourth-order valence-electron chi connectivity index (χ4n) is 1.70. The van der Waals surface area contributed by atoms with Gasteiger partial charge in [-0.15, -0.1) is 0 Å². The fraction of sp³-hybridized carbons (Fsp3) is 0.462. The van der Waals surface area contributed by atoms with Crippen molar-refractivity contribution in [2.45, 2.75) is 19.9 Å². The second-order valence-electron chi connectivity index (χ2n) is 4.16. The summed E-state index contributed by atoms with van der Waals surface area (Å²) in [6, 6.07) is 4.89. The number of aliphatic hydroxyl groups is 1. The van der Waals surface area contributed by atoms with Gasteiger partial charge in [-0.05, 0) is 32.0 Å². The lowest BCUT2D eigenvalue weighted by Gasteiger charge is -2.26. The molecule has 0 aliphatic rings. The van der Waals surface area contributed by atoms with Crippen LogP contribution >= 0.6 is 11.6 Å². The first kappa shape index (κ1) is 14.8. The van der Waals surface area contributed by atoms with E-state index in [1.165, 1.54) is 7.11 Å². The smallest absolute Gasteiger partial charge is 0.257 e. The van der Waals surface area contributed by atoms with Crippen LogP contribution in [0.1, 0.15) is 24.2 Å². The van der Waals surface area contributed by atoms with Crippen molar-refractivity contribution >= 4 is 17.5 Å². The summed E-state index contributed by atoms with van der Waals surface area (Å²) in [4.78, 5) is 13.9. The maximum absolute atomic E-state index is 12.4. The zero-order valence-corrected chi connectivity index (χ0v) is 11.6. The number of amides is 1. The van der Waals surface area contributed by atoms with E-state index in [0.717, 1.165) is 0 Å². The standard InChI is InChI=1S/C13H18ClNO3/c1-9(2)15(6-7-16)13(17)11-5-4-10(14)8-12(11)18-3/h4-5,8-9,16H,6-7H2,1-3H3. The van der Waals surface area contributed by atoms with E-state index < -0.39 is 0 Å². The van der Waals surface area contributed by atoms with E-state index in [0.29, 0.717) is 22.9 Å². The summed E-state index contributed by atoms with van der Waals surface area (Å²) in [5.74, 6) is 0.267. The highest BCUT2D eigenvalue weighted by molar-refractivity contribution is 6.30. The Morgan fingerprint density at radius 1 is 1.50 bits per heavy atom. The summed E-state index contributed by atoms with van der Waals surface area (Å²) in [6.07, 6.45) is 0. The van der Waals surface area contributed by atoms with Gasteiger partial charge in [0.25, 0.3) is 5.91 Å². The van der Waals surface area contributed by atoms with Crippen molar-refractivity contribution < 1.29 is 14.6 Å². The molecule has 0 spiro atoms. The molecule has 18 heavy (non-hydrogen) atoms. The average Bonchev–Trinajstić information content (AvgIpc) is 2.34. The van der Waals surface area contributed by atoms with E-state index in [1.807, 2.05) is 13.8 Å². The van der Waals surface area contributed by atoms with Crippen LogP contribution in [0.15, 0.2) is 18.2 Å². The Labute approximate surface area is 112 Å². The maximum atomic E-state index is 12.4. The highest BCUT2D eigenvalue weighted by atomic mass is 35.5. The van der Waals surface area contributed by atoms with Gasteiger partial charge in [0.05, 0.1) is 19.3 Å². The molecule has 0 saturated heterocycles. The number of carbonyl (C=O) groups excluding carboxylic acids is 1. The van der Waals surface area contributed by atoms with Gasteiger partial charge >= 0.3 is 0 Å². The minimum Gasteiger partial charge on any atom is -0.496 e. The first-order valence-corrected chi connectivity index (χ1v) is 6.14. The quantitative estimate of drug-likeness (QED) is 0.893. The summed E-state index contributed by atoms with van der Waals surface area (Å²) in [5.41, 5.74) is 0.448. The van der Waals surface area contributed by atoms with Crippen molar-refractivity contribution in [1.82, 2.24) is 4.90 Å². The molecular weight excluding hydrogens is 254 g/mol. The SMILES string of the molecule is COc1cc(Cl)ccc1C(=O)N(CCO)C(C)C. The Hall–Kier alpha value is -1.26. The molecule has 0 radical (unpaired) electrons. The molecule has 0 fully saturated rings. The van der Waals surface area contributed by atoms with E-state index >= 15 is 0 Å². The number of hydrogen-bond donors (Lipinski definition) is 1. The summed E-state index contributed by atoms with van der Waals surface area (Å²) in [7, 11) is 1.49. The molecule has 4 nitrogen and oxygen atoms in total. The molecule has 0 aromatic heterocycles. The number of rotatable bonds is 5. The van der Waals surface area contributed by atoms with E-state index in [2.05, 4.69) is 0 Å². The second-order valence-corrected chi connectivity index (χ2v) is 4.60. The van der Waals surface area contributed by atoms with Crippen molar-refractivity contribution in [1.29, 1.82) is 0 Å². The number of carbonyl (C=O) groups is 1. The Bertz CT molecular complexity index is 421.